The smallest absolute Gasteiger partial charge is 0.0771 e. The van der Waals surface area contributed by atoms with Gasteiger partial charge in [0.05, 0.1) is 11.3 Å². The fourth-order valence-corrected chi connectivity index (χ4v) is 2.99. The predicted molar refractivity (Wildman–Crippen MR) is 77.0 cm³/mol. The Morgan fingerprint density at radius 2 is 2.05 bits per heavy atom. The van der Waals surface area contributed by atoms with Crippen LogP contribution < -0.4 is 5.32 Å². The topological polar surface area (TPSA) is 50.1 Å². The van der Waals surface area contributed by atoms with Gasteiger partial charge in [-0.2, -0.15) is 5.10 Å². The fourth-order valence-electron chi connectivity index (χ4n) is 2.99. The van der Waals surface area contributed by atoms with Crippen LogP contribution in [0.2, 0.25) is 0 Å². The van der Waals surface area contributed by atoms with Crippen molar-refractivity contribution in [3.63, 3.8) is 0 Å². The molecule has 0 atom stereocenters. The standard InChI is InChI=1S/C15H27N3O/c1-12(2)14-13(10-18(3)17-14)9-16-11-15(19)7-5-4-6-8-15/h10,12,16,19H,4-9,11H2,1-3H3. The van der Waals surface area contributed by atoms with E-state index in [1.54, 1.807) is 0 Å². The molecule has 2 N–H and O–H groups in total. The van der Waals surface area contributed by atoms with E-state index in [1.807, 2.05) is 11.7 Å². The van der Waals surface area contributed by atoms with Gasteiger partial charge in [-0.05, 0) is 18.8 Å². The molecule has 0 unspecified atom stereocenters. The monoisotopic (exact) mass is 265 g/mol. The molecule has 0 aliphatic heterocycles. The zero-order valence-corrected chi connectivity index (χ0v) is 12.4. The second kappa shape index (κ2) is 6.06. The number of aryl methyl sites for hydroxylation is 1. The van der Waals surface area contributed by atoms with E-state index in [1.165, 1.54) is 12.0 Å². The second-order valence-electron chi connectivity index (χ2n) is 6.26. The lowest BCUT2D eigenvalue weighted by atomic mass is 9.85. The Bertz CT molecular complexity index is 406. The van der Waals surface area contributed by atoms with E-state index in [4.69, 9.17) is 0 Å². The first kappa shape index (κ1) is 14.5. The lowest BCUT2D eigenvalue weighted by Gasteiger charge is -2.32. The number of nitrogens with one attached hydrogen (secondary N) is 1. The van der Waals surface area contributed by atoms with Crippen LogP contribution in [-0.2, 0) is 13.6 Å². The van der Waals surface area contributed by atoms with Crippen LogP contribution in [0.3, 0.4) is 0 Å². The minimum atomic E-state index is -0.488. The van der Waals surface area contributed by atoms with E-state index in [9.17, 15) is 5.11 Å². The normalized spacial score (nSPS) is 19.0. The first-order chi connectivity index (χ1) is 9.00. The maximum Gasteiger partial charge on any atom is 0.0771 e. The highest BCUT2D eigenvalue weighted by atomic mass is 16.3. The summed E-state index contributed by atoms with van der Waals surface area (Å²) in [5.41, 5.74) is 1.92. The van der Waals surface area contributed by atoms with Crippen LogP contribution in [0.15, 0.2) is 6.20 Å². The fraction of sp³-hybridized carbons (Fsp3) is 0.800. The molecule has 0 radical (unpaired) electrons. The van der Waals surface area contributed by atoms with Gasteiger partial charge in [0.2, 0.25) is 0 Å². The van der Waals surface area contributed by atoms with E-state index >= 15 is 0 Å². The Balaban J connectivity index is 1.88. The van der Waals surface area contributed by atoms with Crippen molar-refractivity contribution in [1.82, 2.24) is 15.1 Å². The summed E-state index contributed by atoms with van der Waals surface area (Å²) in [6.07, 6.45) is 7.52. The number of aromatic nitrogens is 2. The summed E-state index contributed by atoms with van der Waals surface area (Å²) in [5, 5.41) is 18.4. The highest BCUT2D eigenvalue weighted by Crippen LogP contribution is 2.27. The average Bonchev–Trinajstić information content (AvgIpc) is 2.71. The number of aliphatic hydroxyl groups is 1. The molecule has 1 fully saturated rings. The Labute approximate surface area is 116 Å². The van der Waals surface area contributed by atoms with E-state index < -0.39 is 5.60 Å². The molecule has 2 rings (SSSR count). The van der Waals surface area contributed by atoms with Crippen molar-refractivity contribution in [1.29, 1.82) is 0 Å². The second-order valence-corrected chi connectivity index (χ2v) is 6.26. The third-order valence-corrected chi connectivity index (χ3v) is 4.04. The van der Waals surface area contributed by atoms with Crippen molar-refractivity contribution < 1.29 is 5.11 Å². The van der Waals surface area contributed by atoms with Crippen LogP contribution in [0, 0.1) is 0 Å². The quantitative estimate of drug-likeness (QED) is 0.859. The van der Waals surface area contributed by atoms with Crippen molar-refractivity contribution in [2.45, 2.75) is 64.0 Å². The molecule has 0 saturated heterocycles. The third-order valence-electron chi connectivity index (χ3n) is 4.04. The van der Waals surface area contributed by atoms with E-state index in [2.05, 4.69) is 30.5 Å². The van der Waals surface area contributed by atoms with Crippen LogP contribution in [0.5, 0.6) is 0 Å². The summed E-state index contributed by atoms with van der Waals surface area (Å²) in [5.74, 6) is 0.441. The van der Waals surface area contributed by atoms with Crippen LogP contribution in [-0.4, -0.2) is 27.0 Å². The van der Waals surface area contributed by atoms with Gasteiger partial charge in [0.15, 0.2) is 0 Å². The summed E-state index contributed by atoms with van der Waals surface area (Å²) in [4.78, 5) is 0. The van der Waals surface area contributed by atoms with Crippen LogP contribution in [0.1, 0.15) is 63.1 Å². The van der Waals surface area contributed by atoms with Gasteiger partial charge in [0.25, 0.3) is 0 Å². The van der Waals surface area contributed by atoms with E-state index in [-0.39, 0.29) is 0 Å². The summed E-state index contributed by atoms with van der Waals surface area (Å²) in [6, 6.07) is 0. The summed E-state index contributed by atoms with van der Waals surface area (Å²) >= 11 is 0. The van der Waals surface area contributed by atoms with E-state index in [0.717, 1.165) is 37.9 Å². The molecule has 0 spiro atoms. The SMILES string of the molecule is CC(C)c1nn(C)cc1CNCC1(O)CCCCC1. The molecule has 1 aromatic heterocycles. The van der Waals surface area contributed by atoms with Crippen molar-refractivity contribution in [2.75, 3.05) is 6.54 Å². The average molecular weight is 265 g/mol. The first-order valence-electron chi connectivity index (χ1n) is 7.46. The van der Waals surface area contributed by atoms with Crippen LogP contribution >= 0.6 is 0 Å². The minimum absolute atomic E-state index is 0.441. The lowest BCUT2D eigenvalue weighted by molar-refractivity contribution is 0.00466. The first-order valence-corrected chi connectivity index (χ1v) is 7.46. The van der Waals surface area contributed by atoms with Crippen LogP contribution in [0.25, 0.3) is 0 Å². The molecule has 1 heterocycles. The highest BCUT2D eigenvalue weighted by Gasteiger charge is 2.28. The predicted octanol–water partition coefficient (Wildman–Crippen LogP) is 2.33. The Hall–Kier alpha value is -0.870. The molecular weight excluding hydrogens is 238 g/mol. The molecule has 0 bridgehead atoms. The number of rotatable bonds is 5. The zero-order chi connectivity index (χ0) is 13.9. The Morgan fingerprint density at radius 3 is 2.68 bits per heavy atom. The van der Waals surface area contributed by atoms with Gasteiger partial charge in [-0.1, -0.05) is 33.1 Å². The molecule has 1 saturated carbocycles. The lowest BCUT2D eigenvalue weighted by Crippen LogP contribution is -2.41. The van der Waals surface area contributed by atoms with Crippen molar-refractivity contribution >= 4 is 0 Å². The zero-order valence-electron chi connectivity index (χ0n) is 12.4. The third kappa shape index (κ3) is 3.80. The van der Waals surface area contributed by atoms with E-state index in [0.29, 0.717) is 12.5 Å². The van der Waals surface area contributed by atoms with Crippen molar-refractivity contribution in [3.05, 3.63) is 17.5 Å². The molecule has 1 aliphatic carbocycles. The van der Waals surface area contributed by atoms with Gasteiger partial charge in [-0.3, -0.25) is 4.68 Å². The molecule has 1 aliphatic rings. The van der Waals surface area contributed by atoms with Crippen LogP contribution in [0.4, 0.5) is 0 Å². The van der Waals surface area contributed by atoms with Crippen molar-refractivity contribution in [3.8, 4) is 0 Å². The maximum absolute atomic E-state index is 10.4. The minimum Gasteiger partial charge on any atom is -0.389 e. The van der Waals surface area contributed by atoms with Gasteiger partial charge < -0.3 is 10.4 Å². The van der Waals surface area contributed by atoms with Gasteiger partial charge in [-0.15, -0.1) is 0 Å². The largest absolute Gasteiger partial charge is 0.389 e. The molecule has 108 valence electrons. The number of nitrogens with zero attached hydrogens (tertiary/aromatic N) is 2. The van der Waals surface area contributed by atoms with Crippen molar-refractivity contribution in [2.24, 2.45) is 7.05 Å². The van der Waals surface area contributed by atoms with Gasteiger partial charge in [-0.25, -0.2) is 0 Å². The van der Waals surface area contributed by atoms with Gasteiger partial charge >= 0.3 is 0 Å². The molecule has 0 amide bonds. The molecule has 0 aromatic carbocycles. The molecule has 1 aromatic rings. The van der Waals surface area contributed by atoms with Gasteiger partial charge in [0.1, 0.15) is 0 Å². The number of hydrogen-bond acceptors (Lipinski definition) is 3. The number of hydrogen-bond donors (Lipinski definition) is 2. The molecule has 4 nitrogen and oxygen atoms in total. The molecule has 4 heteroatoms. The summed E-state index contributed by atoms with van der Waals surface area (Å²) < 4.78 is 1.88. The summed E-state index contributed by atoms with van der Waals surface area (Å²) in [6.45, 7) is 5.82. The maximum atomic E-state index is 10.4. The molecular formula is C15H27N3O. The highest BCUT2D eigenvalue weighted by molar-refractivity contribution is 5.20. The van der Waals surface area contributed by atoms with Gasteiger partial charge in [0, 0.05) is 31.9 Å². The Morgan fingerprint density at radius 1 is 1.37 bits per heavy atom. The summed E-state index contributed by atoms with van der Waals surface area (Å²) in [7, 11) is 1.96. The molecule has 19 heavy (non-hydrogen) atoms. The Kier molecular flexibility index (Phi) is 4.63.